The van der Waals surface area contributed by atoms with Crippen molar-refractivity contribution < 1.29 is 18.0 Å². The van der Waals surface area contributed by atoms with Gasteiger partial charge >= 0.3 is 0 Å². The minimum atomic E-state index is -3.73. The Balaban J connectivity index is 1.92. The number of sulfonamides is 1. The van der Waals surface area contributed by atoms with Crippen LogP contribution >= 0.6 is 0 Å². The molecule has 0 unspecified atom stereocenters. The van der Waals surface area contributed by atoms with Crippen molar-refractivity contribution in [1.29, 1.82) is 0 Å². The zero-order valence-electron chi connectivity index (χ0n) is 21.2. The lowest BCUT2D eigenvalue weighted by Gasteiger charge is -2.33. The minimum absolute atomic E-state index is 0.132. The molecule has 3 rings (SSSR count). The SMILES string of the molecule is CC[C@@H](C(=O)NC1CCCC1)N(Cc1cccc(C)c1)C(=O)CN(c1cccc(C)c1)S(C)(=O)=O. The van der Waals surface area contributed by atoms with E-state index in [0.29, 0.717) is 12.1 Å². The van der Waals surface area contributed by atoms with Gasteiger partial charge in [-0.05, 0) is 56.4 Å². The van der Waals surface area contributed by atoms with Gasteiger partial charge < -0.3 is 10.2 Å². The summed E-state index contributed by atoms with van der Waals surface area (Å²) in [5.41, 5.74) is 3.27. The van der Waals surface area contributed by atoms with E-state index in [1.54, 1.807) is 18.2 Å². The van der Waals surface area contributed by atoms with Crippen LogP contribution in [0.4, 0.5) is 5.69 Å². The molecule has 8 heteroatoms. The monoisotopic (exact) mass is 499 g/mol. The second kappa shape index (κ2) is 11.7. The van der Waals surface area contributed by atoms with Gasteiger partial charge in [-0.15, -0.1) is 0 Å². The first kappa shape index (κ1) is 26.7. The van der Waals surface area contributed by atoms with Crippen LogP contribution in [0.15, 0.2) is 48.5 Å². The molecule has 7 nitrogen and oxygen atoms in total. The summed E-state index contributed by atoms with van der Waals surface area (Å²) in [7, 11) is -3.73. The Morgan fingerprint density at radius 2 is 1.66 bits per heavy atom. The number of nitrogens with zero attached hydrogens (tertiary/aromatic N) is 2. The molecule has 190 valence electrons. The predicted molar refractivity (Wildman–Crippen MR) is 140 cm³/mol. The van der Waals surface area contributed by atoms with E-state index >= 15 is 0 Å². The number of anilines is 1. The highest BCUT2D eigenvalue weighted by atomic mass is 32.2. The van der Waals surface area contributed by atoms with Gasteiger partial charge in [-0.3, -0.25) is 13.9 Å². The third kappa shape index (κ3) is 7.31. The van der Waals surface area contributed by atoms with Gasteiger partial charge in [0.05, 0.1) is 11.9 Å². The molecule has 0 spiro atoms. The van der Waals surface area contributed by atoms with Crippen LogP contribution in [0.3, 0.4) is 0 Å². The first-order chi connectivity index (χ1) is 16.6. The number of benzene rings is 2. The molecule has 0 heterocycles. The predicted octanol–water partition coefficient (Wildman–Crippen LogP) is 3.94. The van der Waals surface area contributed by atoms with E-state index in [0.717, 1.165) is 52.9 Å². The lowest BCUT2D eigenvalue weighted by molar-refractivity contribution is -0.140. The second-order valence-corrected chi connectivity index (χ2v) is 11.4. The van der Waals surface area contributed by atoms with Gasteiger partial charge in [0.2, 0.25) is 21.8 Å². The van der Waals surface area contributed by atoms with Crippen molar-refractivity contribution in [2.75, 3.05) is 17.1 Å². The Labute approximate surface area is 209 Å². The Bertz CT molecular complexity index is 1140. The van der Waals surface area contributed by atoms with E-state index in [-0.39, 0.29) is 25.0 Å². The highest BCUT2D eigenvalue weighted by molar-refractivity contribution is 7.92. The lowest BCUT2D eigenvalue weighted by Crippen LogP contribution is -2.53. The largest absolute Gasteiger partial charge is 0.352 e. The molecule has 0 saturated heterocycles. The van der Waals surface area contributed by atoms with Crippen molar-refractivity contribution in [2.45, 2.75) is 71.5 Å². The maximum Gasteiger partial charge on any atom is 0.244 e. The number of hydrogen-bond acceptors (Lipinski definition) is 4. The van der Waals surface area contributed by atoms with E-state index < -0.39 is 22.0 Å². The molecule has 1 aliphatic carbocycles. The molecule has 1 aliphatic rings. The Morgan fingerprint density at radius 3 is 2.23 bits per heavy atom. The smallest absolute Gasteiger partial charge is 0.244 e. The van der Waals surface area contributed by atoms with Gasteiger partial charge in [0.25, 0.3) is 0 Å². The van der Waals surface area contributed by atoms with Gasteiger partial charge in [-0.2, -0.15) is 0 Å². The molecule has 2 amide bonds. The number of carbonyl (C=O) groups excluding carboxylic acids is 2. The van der Waals surface area contributed by atoms with E-state index in [2.05, 4.69) is 5.32 Å². The summed E-state index contributed by atoms with van der Waals surface area (Å²) in [4.78, 5) is 28.6. The summed E-state index contributed by atoms with van der Waals surface area (Å²) in [6.45, 7) is 5.58. The van der Waals surface area contributed by atoms with Crippen LogP contribution < -0.4 is 9.62 Å². The van der Waals surface area contributed by atoms with Crippen molar-refractivity contribution in [3.63, 3.8) is 0 Å². The Hall–Kier alpha value is -2.87. The van der Waals surface area contributed by atoms with E-state index in [9.17, 15) is 18.0 Å². The zero-order chi connectivity index (χ0) is 25.6. The zero-order valence-corrected chi connectivity index (χ0v) is 22.0. The van der Waals surface area contributed by atoms with E-state index in [1.165, 1.54) is 4.90 Å². The highest BCUT2D eigenvalue weighted by Gasteiger charge is 2.33. The standard InChI is InChI=1S/C27H37N3O4S/c1-5-25(27(32)28-23-13-6-7-14-23)29(18-22-12-8-10-20(2)16-22)26(31)19-30(35(4,33)34)24-15-9-11-21(3)17-24/h8-12,15-17,23,25H,5-7,13-14,18-19H2,1-4H3,(H,28,32)/t25-/m0/s1. The second-order valence-electron chi connectivity index (χ2n) is 9.53. The quantitative estimate of drug-likeness (QED) is 0.537. The van der Waals surface area contributed by atoms with Gasteiger partial charge in [0.15, 0.2) is 0 Å². The third-order valence-electron chi connectivity index (χ3n) is 6.49. The van der Waals surface area contributed by atoms with Crippen LogP contribution in [-0.2, 0) is 26.2 Å². The average Bonchev–Trinajstić information content (AvgIpc) is 3.29. The molecular weight excluding hydrogens is 462 g/mol. The molecule has 1 fully saturated rings. The van der Waals surface area contributed by atoms with Crippen LogP contribution in [-0.4, -0.2) is 50.0 Å². The van der Waals surface area contributed by atoms with Crippen molar-refractivity contribution in [3.8, 4) is 0 Å². The number of nitrogens with one attached hydrogen (secondary N) is 1. The number of hydrogen-bond donors (Lipinski definition) is 1. The maximum absolute atomic E-state index is 13.7. The normalized spacial score (nSPS) is 15.0. The summed E-state index contributed by atoms with van der Waals surface area (Å²) < 4.78 is 26.5. The first-order valence-electron chi connectivity index (χ1n) is 12.3. The molecule has 0 aliphatic heterocycles. The fraction of sp³-hybridized carbons (Fsp3) is 0.481. The Kier molecular flexibility index (Phi) is 8.94. The summed E-state index contributed by atoms with van der Waals surface area (Å²) >= 11 is 0. The molecule has 35 heavy (non-hydrogen) atoms. The molecule has 0 radical (unpaired) electrons. The molecule has 0 bridgehead atoms. The van der Waals surface area contributed by atoms with Gasteiger partial charge in [0.1, 0.15) is 12.6 Å². The van der Waals surface area contributed by atoms with Crippen LogP contribution in [0.5, 0.6) is 0 Å². The van der Waals surface area contributed by atoms with Crippen LogP contribution in [0.25, 0.3) is 0 Å². The van der Waals surface area contributed by atoms with Crippen molar-refractivity contribution in [2.24, 2.45) is 0 Å². The number of rotatable bonds is 10. The fourth-order valence-electron chi connectivity index (χ4n) is 4.69. The lowest BCUT2D eigenvalue weighted by atomic mass is 10.1. The molecule has 1 saturated carbocycles. The molecule has 2 aromatic rings. The van der Waals surface area contributed by atoms with Crippen LogP contribution in [0.1, 0.15) is 55.7 Å². The summed E-state index contributed by atoms with van der Waals surface area (Å²) in [5, 5.41) is 3.12. The highest BCUT2D eigenvalue weighted by Crippen LogP contribution is 2.22. The van der Waals surface area contributed by atoms with Crippen LogP contribution in [0, 0.1) is 13.8 Å². The summed E-state index contributed by atoms with van der Waals surface area (Å²) in [6, 6.07) is 14.3. The Morgan fingerprint density at radius 1 is 1.03 bits per heavy atom. The van der Waals surface area contributed by atoms with Crippen LogP contribution in [0.2, 0.25) is 0 Å². The van der Waals surface area contributed by atoms with Gasteiger partial charge in [-0.25, -0.2) is 8.42 Å². The fourth-order valence-corrected chi connectivity index (χ4v) is 5.53. The molecule has 2 aromatic carbocycles. The number of carbonyl (C=O) groups is 2. The maximum atomic E-state index is 13.7. The molecular formula is C27H37N3O4S. The third-order valence-corrected chi connectivity index (χ3v) is 7.63. The minimum Gasteiger partial charge on any atom is -0.352 e. The van der Waals surface area contributed by atoms with Gasteiger partial charge in [0, 0.05) is 12.6 Å². The topological polar surface area (TPSA) is 86.8 Å². The van der Waals surface area contributed by atoms with Crippen molar-refractivity contribution >= 4 is 27.5 Å². The number of amides is 2. The summed E-state index contributed by atoms with van der Waals surface area (Å²) in [6.07, 6.45) is 5.60. The molecule has 1 N–H and O–H groups in total. The average molecular weight is 500 g/mol. The number of aryl methyl sites for hydroxylation is 2. The summed E-state index contributed by atoms with van der Waals surface area (Å²) in [5.74, 6) is -0.589. The van der Waals surface area contributed by atoms with Gasteiger partial charge in [-0.1, -0.05) is 61.7 Å². The van der Waals surface area contributed by atoms with Crippen molar-refractivity contribution in [3.05, 3.63) is 65.2 Å². The van der Waals surface area contributed by atoms with E-state index in [1.807, 2.05) is 51.1 Å². The first-order valence-corrected chi connectivity index (χ1v) is 14.1. The molecule has 1 atom stereocenters. The van der Waals surface area contributed by atoms with E-state index in [4.69, 9.17) is 0 Å². The van der Waals surface area contributed by atoms with Crippen molar-refractivity contribution in [1.82, 2.24) is 10.2 Å². The molecule has 0 aromatic heterocycles.